The van der Waals surface area contributed by atoms with E-state index in [1.807, 2.05) is 0 Å². The molecule has 52 heavy (non-hydrogen) atoms. The summed E-state index contributed by atoms with van der Waals surface area (Å²) in [5.74, 6) is -0.913. The normalized spacial score (nSPS) is 19.9. The standard InChI is InChI=1S/C50H30O2/c1-3-16-32(17-4-1)44-36-21-9-11-23-38(36)46(39-24-12-10-22-37(39)44)41-30-43-48(47-40-25-13-14-26-42(40)51-50(41)47)45(33-18-5-2-6-19-33)49(52-43)35-28-27-31-15-7-8-20-34(31)29-35/h1-30H/i1D,2D,3D,4D,5D,6D,7D,8D,9D,10D,11D,12D,13D,14D,15D,16D,17D,18D,19D,20D,21D,22D,23D,24D,25D,26D,27D,28D,29D,30D. The first-order chi connectivity index (χ1) is 38.3. The fourth-order valence-corrected chi connectivity index (χ4v) is 6.52. The summed E-state index contributed by atoms with van der Waals surface area (Å²) in [6.07, 6.45) is 0. The summed E-state index contributed by atoms with van der Waals surface area (Å²) >= 11 is 0. The molecule has 0 atom stereocenters. The zero-order chi connectivity index (χ0) is 60.3. The average molecular weight is 693 g/mol. The Morgan fingerprint density at radius 2 is 0.885 bits per heavy atom. The highest BCUT2D eigenvalue weighted by Crippen LogP contribution is 2.52. The summed E-state index contributed by atoms with van der Waals surface area (Å²) in [7, 11) is 0. The predicted molar refractivity (Wildman–Crippen MR) is 218 cm³/mol. The van der Waals surface area contributed by atoms with Gasteiger partial charge in [0.1, 0.15) is 22.5 Å². The van der Waals surface area contributed by atoms with Crippen molar-refractivity contribution in [3.05, 3.63) is 181 Å². The van der Waals surface area contributed by atoms with Crippen LogP contribution in [0.3, 0.4) is 0 Å². The minimum atomic E-state index is -1.07. The van der Waals surface area contributed by atoms with Crippen LogP contribution in [0.5, 0.6) is 0 Å². The second-order valence-electron chi connectivity index (χ2n) is 11.3. The second-order valence-corrected chi connectivity index (χ2v) is 11.3. The number of hydrogen-bond donors (Lipinski definition) is 0. The highest BCUT2D eigenvalue weighted by atomic mass is 16.3. The summed E-state index contributed by atoms with van der Waals surface area (Å²) in [6.45, 7) is 0. The van der Waals surface area contributed by atoms with E-state index in [1.54, 1.807) is 0 Å². The van der Waals surface area contributed by atoms with Crippen molar-refractivity contribution in [1.29, 1.82) is 0 Å². The maximum Gasteiger partial charge on any atom is 0.144 e. The van der Waals surface area contributed by atoms with Gasteiger partial charge < -0.3 is 8.83 Å². The molecule has 9 aromatic carbocycles. The molecule has 0 amide bonds. The van der Waals surface area contributed by atoms with Crippen molar-refractivity contribution in [2.75, 3.05) is 0 Å². The molecule has 0 aliphatic heterocycles. The molecule has 2 aromatic heterocycles. The Kier molecular flexibility index (Phi) is 2.63. The Hall–Kier alpha value is -6.90. The molecule has 0 fully saturated rings. The molecule has 11 aromatic rings. The van der Waals surface area contributed by atoms with Gasteiger partial charge in [-0.3, -0.25) is 0 Å². The summed E-state index contributed by atoms with van der Waals surface area (Å²) in [4.78, 5) is 0. The largest absolute Gasteiger partial charge is 0.455 e. The Labute approximate surface area is 341 Å². The Morgan fingerprint density at radius 3 is 1.56 bits per heavy atom. The number of rotatable bonds is 4. The van der Waals surface area contributed by atoms with Gasteiger partial charge in [-0.15, -0.1) is 0 Å². The minimum Gasteiger partial charge on any atom is -0.455 e. The highest BCUT2D eigenvalue weighted by Gasteiger charge is 2.27. The van der Waals surface area contributed by atoms with E-state index in [1.165, 1.54) is 0 Å². The summed E-state index contributed by atoms with van der Waals surface area (Å²) in [5, 5.41) is -6.24. The molecule has 0 N–H and O–H groups in total. The van der Waals surface area contributed by atoms with Crippen molar-refractivity contribution < 1.29 is 50.0 Å². The summed E-state index contributed by atoms with van der Waals surface area (Å²) < 4.78 is 285. The van der Waals surface area contributed by atoms with Gasteiger partial charge >= 0.3 is 0 Å². The minimum absolute atomic E-state index is 0.618. The molecule has 0 radical (unpaired) electrons. The third-order valence-electron chi connectivity index (χ3n) is 8.56. The van der Waals surface area contributed by atoms with Gasteiger partial charge in [0, 0.05) is 38.4 Å². The third-order valence-corrected chi connectivity index (χ3v) is 8.56. The monoisotopic (exact) mass is 692 g/mol. The van der Waals surface area contributed by atoms with Gasteiger partial charge in [-0.25, -0.2) is 0 Å². The van der Waals surface area contributed by atoms with E-state index in [0.29, 0.717) is 0 Å². The molecule has 0 spiro atoms. The van der Waals surface area contributed by atoms with Crippen LogP contribution in [0.1, 0.15) is 41.1 Å². The molecule has 0 saturated heterocycles. The maximum absolute atomic E-state index is 10.4. The van der Waals surface area contributed by atoms with Crippen molar-refractivity contribution in [2.45, 2.75) is 0 Å². The fraction of sp³-hybridized carbons (Fsp3) is 0. The zero-order valence-electron chi connectivity index (χ0n) is 55.8. The maximum atomic E-state index is 10.4. The van der Waals surface area contributed by atoms with Crippen LogP contribution >= 0.6 is 0 Å². The molecule has 11 rings (SSSR count). The van der Waals surface area contributed by atoms with Crippen molar-refractivity contribution in [3.63, 3.8) is 0 Å². The average Bonchev–Trinajstić information content (AvgIpc) is 3.19. The first kappa shape index (κ1) is 12.1. The Bertz CT molecular complexity index is 4780. The van der Waals surface area contributed by atoms with Gasteiger partial charge in [-0.2, -0.15) is 0 Å². The topological polar surface area (TPSA) is 26.3 Å². The molecule has 0 unspecified atom stereocenters. The number of furan rings is 2. The van der Waals surface area contributed by atoms with Gasteiger partial charge in [0.15, 0.2) is 0 Å². The lowest BCUT2D eigenvalue weighted by Crippen LogP contribution is -1.91. The van der Waals surface area contributed by atoms with Crippen molar-refractivity contribution in [3.8, 4) is 44.7 Å². The van der Waals surface area contributed by atoms with Crippen LogP contribution in [-0.4, -0.2) is 0 Å². The van der Waals surface area contributed by atoms with Gasteiger partial charge in [-0.1, -0.05) is 163 Å². The lowest BCUT2D eigenvalue weighted by molar-refractivity contribution is 0.632. The van der Waals surface area contributed by atoms with Gasteiger partial charge in [-0.05, 0) is 67.1 Å². The molecule has 0 aliphatic carbocycles. The van der Waals surface area contributed by atoms with E-state index in [2.05, 4.69) is 0 Å². The van der Waals surface area contributed by atoms with Crippen LogP contribution in [0.2, 0.25) is 0 Å². The lowest BCUT2D eigenvalue weighted by Gasteiger charge is -2.18. The first-order valence-corrected chi connectivity index (χ1v) is 15.3. The van der Waals surface area contributed by atoms with Crippen molar-refractivity contribution >= 4 is 65.2 Å². The summed E-state index contributed by atoms with van der Waals surface area (Å²) in [6, 6.07) is -29.2. The third kappa shape index (κ3) is 4.25. The lowest BCUT2D eigenvalue weighted by atomic mass is 9.85. The van der Waals surface area contributed by atoms with Crippen molar-refractivity contribution in [2.24, 2.45) is 0 Å². The van der Waals surface area contributed by atoms with Crippen LogP contribution in [0.4, 0.5) is 0 Å². The van der Waals surface area contributed by atoms with Gasteiger partial charge in [0.05, 0.1) is 41.1 Å². The van der Waals surface area contributed by atoms with Crippen LogP contribution in [-0.2, 0) is 0 Å². The Balaban J connectivity index is 1.53. The first-order valence-electron chi connectivity index (χ1n) is 30.3. The zero-order valence-corrected chi connectivity index (χ0v) is 25.8. The molecule has 0 aliphatic rings. The number of para-hydroxylation sites is 1. The number of fused-ring (bicyclic) bond motifs is 8. The molecule has 2 nitrogen and oxygen atoms in total. The second kappa shape index (κ2) is 11.3. The predicted octanol–water partition coefficient (Wildman–Crippen LogP) is 14.5. The fourth-order valence-electron chi connectivity index (χ4n) is 6.52. The van der Waals surface area contributed by atoms with Crippen LogP contribution in [0.25, 0.3) is 110 Å². The molecular formula is C50H30O2. The van der Waals surface area contributed by atoms with E-state index in [9.17, 15) is 13.7 Å². The van der Waals surface area contributed by atoms with Crippen molar-refractivity contribution in [1.82, 2.24) is 0 Å². The van der Waals surface area contributed by atoms with Crippen LogP contribution in [0, 0.1) is 0 Å². The van der Waals surface area contributed by atoms with Gasteiger partial charge in [0.25, 0.3) is 0 Å². The molecule has 242 valence electrons. The quantitative estimate of drug-likeness (QED) is 0.172. The van der Waals surface area contributed by atoms with Gasteiger partial charge in [0.2, 0.25) is 0 Å². The van der Waals surface area contributed by atoms with E-state index in [0.717, 1.165) is 0 Å². The molecule has 2 heteroatoms. The highest BCUT2D eigenvalue weighted by molar-refractivity contribution is 6.30. The Morgan fingerprint density at radius 1 is 0.346 bits per heavy atom. The molecule has 0 bridgehead atoms. The molecule has 0 saturated carbocycles. The van der Waals surface area contributed by atoms with Crippen LogP contribution in [0.15, 0.2) is 190 Å². The van der Waals surface area contributed by atoms with Crippen LogP contribution < -0.4 is 0 Å². The SMILES string of the molecule is [2H]c1c([2H])c([2H])c(-c2c3c([2H])c([2H])c([2H])c([2H])c3c(-c3c([2H])c4oc(-c5c([2H])c([2H])c6c([2H])c([2H])c([2H])c([2H])c6c5[2H])c(-c5c([2H])c([2H])c([2H])c([2H])c5[2H])c4c4c3oc3c([2H])c([2H])c([2H])c([2H])c34)c3c([2H])c([2H])c([2H])c([2H])c23)c([2H])c1[2H]. The summed E-state index contributed by atoms with van der Waals surface area (Å²) in [5.41, 5.74) is -7.97. The van der Waals surface area contributed by atoms with E-state index >= 15 is 0 Å². The smallest absolute Gasteiger partial charge is 0.144 e. The van der Waals surface area contributed by atoms with E-state index in [4.69, 9.17) is 36.2 Å². The number of hydrogen-bond acceptors (Lipinski definition) is 2. The van der Waals surface area contributed by atoms with E-state index in [-0.39, 0.29) is 0 Å². The van der Waals surface area contributed by atoms with E-state index < -0.39 is 291 Å². The number of benzene rings is 9. The molecule has 2 heterocycles. The molecular weight excluding hydrogens is 633 g/mol.